The van der Waals surface area contributed by atoms with Crippen molar-refractivity contribution in [1.29, 1.82) is 5.26 Å². The Hall–Kier alpha value is -0.940. The van der Waals surface area contributed by atoms with Crippen LogP contribution in [0.25, 0.3) is 0 Å². The topological polar surface area (TPSA) is 23.8 Å². The number of thioether (sulfide) groups is 1. The van der Waals surface area contributed by atoms with Gasteiger partial charge in [0.1, 0.15) is 0 Å². The number of rotatable bonds is 3. The Labute approximate surface area is 90.1 Å². The third kappa shape index (κ3) is 2.78. The Morgan fingerprint density at radius 1 is 1.36 bits per heavy atom. The zero-order valence-electron chi connectivity index (χ0n) is 8.87. The highest BCUT2D eigenvalue weighted by Gasteiger charge is 2.05. The summed E-state index contributed by atoms with van der Waals surface area (Å²) >= 11 is 1.78. The number of nitrogens with zero attached hydrogens (tertiary/aromatic N) is 1. The summed E-state index contributed by atoms with van der Waals surface area (Å²) in [6.07, 6.45) is 0. The van der Waals surface area contributed by atoms with Crippen molar-refractivity contribution in [2.45, 2.75) is 25.7 Å². The van der Waals surface area contributed by atoms with Gasteiger partial charge in [-0.3, -0.25) is 0 Å². The van der Waals surface area contributed by atoms with Crippen molar-refractivity contribution in [3.63, 3.8) is 0 Å². The summed E-state index contributed by atoms with van der Waals surface area (Å²) < 4.78 is 0. The van der Waals surface area contributed by atoms with Crippen molar-refractivity contribution >= 4 is 11.8 Å². The van der Waals surface area contributed by atoms with Gasteiger partial charge >= 0.3 is 0 Å². The Kier molecular flexibility index (Phi) is 4.03. The minimum Gasteiger partial charge on any atom is -0.198 e. The quantitative estimate of drug-likeness (QED) is 0.704. The summed E-state index contributed by atoms with van der Waals surface area (Å²) in [6, 6.07) is 8.56. The lowest BCUT2D eigenvalue weighted by atomic mass is 10.2. The van der Waals surface area contributed by atoms with E-state index in [0.29, 0.717) is 0 Å². The van der Waals surface area contributed by atoms with E-state index >= 15 is 0 Å². The first kappa shape index (κ1) is 11.1. The van der Waals surface area contributed by atoms with Crippen LogP contribution < -0.4 is 0 Å². The van der Waals surface area contributed by atoms with Gasteiger partial charge in [-0.2, -0.15) is 5.26 Å². The van der Waals surface area contributed by atoms with Crippen LogP contribution in [0, 0.1) is 31.1 Å². The van der Waals surface area contributed by atoms with Gasteiger partial charge in [-0.15, -0.1) is 11.8 Å². The van der Waals surface area contributed by atoms with Crippen LogP contribution >= 0.6 is 11.8 Å². The summed E-state index contributed by atoms with van der Waals surface area (Å²) in [5, 5.41) is 8.69. The standard InChI is InChI=1S/C12H15NS/c1-9(7-13)8-14-12-10(2)5-4-6-11(12)3/h4-6,9H,8H2,1-3H3. The van der Waals surface area contributed by atoms with Gasteiger partial charge < -0.3 is 0 Å². The van der Waals surface area contributed by atoms with E-state index in [1.807, 2.05) is 6.92 Å². The number of aryl methyl sites for hydroxylation is 2. The van der Waals surface area contributed by atoms with Crippen LogP contribution in [0.5, 0.6) is 0 Å². The van der Waals surface area contributed by atoms with Gasteiger partial charge in [0.2, 0.25) is 0 Å². The molecule has 1 rings (SSSR count). The molecule has 0 amide bonds. The number of nitriles is 1. The highest BCUT2D eigenvalue weighted by Crippen LogP contribution is 2.27. The van der Waals surface area contributed by atoms with Crippen LogP contribution in [0.2, 0.25) is 0 Å². The summed E-state index contributed by atoms with van der Waals surface area (Å²) in [4.78, 5) is 1.33. The van der Waals surface area contributed by atoms with E-state index in [4.69, 9.17) is 5.26 Å². The third-order valence-electron chi connectivity index (χ3n) is 2.11. The number of hydrogen-bond acceptors (Lipinski definition) is 2. The lowest BCUT2D eigenvalue weighted by Crippen LogP contribution is -1.95. The van der Waals surface area contributed by atoms with Gasteiger partial charge in [0.25, 0.3) is 0 Å². The van der Waals surface area contributed by atoms with Crippen molar-refractivity contribution in [3.8, 4) is 6.07 Å². The normalized spacial score (nSPS) is 12.1. The van der Waals surface area contributed by atoms with Gasteiger partial charge in [0, 0.05) is 10.6 Å². The van der Waals surface area contributed by atoms with E-state index in [2.05, 4.69) is 38.1 Å². The van der Waals surface area contributed by atoms with Crippen molar-refractivity contribution < 1.29 is 0 Å². The maximum absolute atomic E-state index is 8.69. The summed E-state index contributed by atoms with van der Waals surface area (Å²) in [6.45, 7) is 6.19. The van der Waals surface area contributed by atoms with E-state index in [1.165, 1.54) is 16.0 Å². The second-order valence-corrected chi connectivity index (χ2v) is 4.59. The maximum Gasteiger partial charge on any atom is 0.0661 e. The lowest BCUT2D eigenvalue weighted by molar-refractivity contribution is 0.863. The predicted octanol–water partition coefficient (Wildman–Crippen LogP) is 3.56. The van der Waals surface area contributed by atoms with Gasteiger partial charge in [-0.1, -0.05) is 18.2 Å². The fraction of sp³-hybridized carbons (Fsp3) is 0.417. The van der Waals surface area contributed by atoms with Crippen LogP contribution in [0.3, 0.4) is 0 Å². The molecule has 1 atom stereocenters. The molecule has 0 fully saturated rings. The zero-order chi connectivity index (χ0) is 10.6. The monoisotopic (exact) mass is 205 g/mol. The molecule has 0 radical (unpaired) electrons. The molecule has 1 unspecified atom stereocenters. The largest absolute Gasteiger partial charge is 0.198 e. The molecule has 0 aromatic heterocycles. The fourth-order valence-electron chi connectivity index (χ4n) is 1.27. The first-order valence-electron chi connectivity index (χ1n) is 4.73. The van der Waals surface area contributed by atoms with Crippen LogP contribution in [0.15, 0.2) is 23.1 Å². The minimum atomic E-state index is 0.124. The van der Waals surface area contributed by atoms with Crippen LogP contribution in [-0.4, -0.2) is 5.75 Å². The molecule has 1 nitrogen and oxygen atoms in total. The van der Waals surface area contributed by atoms with Crippen molar-refractivity contribution in [3.05, 3.63) is 29.3 Å². The molecule has 0 bridgehead atoms. The van der Waals surface area contributed by atoms with E-state index in [9.17, 15) is 0 Å². The second-order valence-electron chi connectivity index (χ2n) is 3.56. The molecule has 74 valence electrons. The molecule has 1 aromatic carbocycles. The Morgan fingerprint density at radius 2 is 1.93 bits per heavy atom. The molecule has 0 saturated carbocycles. The molecule has 0 spiro atoms. The molecule has 0 aliphatic heterocycles. The second kappa shape index (κ2) is 5.07. The highest BCUT2D eigenvalue weighted by atomic mass is 32.2. The number of benzene rings is 1. The van der Waals surface area contributed by atoms with Gasteiger partial charge in [0.05, 0.1) is 12.0 Å². The Bertz CT molecular complexity index is 332. The summed E-state index contributed by atoms with van der Waals surface area (Å²) in [5.41, 5.74) is 2.61. The molecular weight excluding hydrogens is 190 g/mol. The van der Waals surface area contributed by atoms with E-state index in [-0.39, 0.29) is 5.92 Å². The molecule has 0 aliphatic rings. The van der Waals surface area contributed by atoms with Crippen LogP contribution in [0.4, 0.5) is 0 Å². The van der Waals surface area contributed by atoms with Gasteiger partial charge in [-0.05, 0) is 31.9 Å². The van der Waals surface area contributed by atoms with Gasteiger partial charge in [-0.25, -0.2) is 0 Å². The summed E-state index contributed by atoms with van der Waals surface area (Å²) in [7, 11) is 0. The molecule has 14 heavy (non-hydrogen) atoms. The molecule has 1 aromatic rings. The average molecular weight is 205 g/mol. The molecule has 0 N–H and O–H groups in total. The average Bonchev–Trinajstić information content (AvgIpc) is 2.16. The fourth-order valence-corrected chi connectivity index (χ4v) is 2.36. The molecule has 0 saturated heterocycles. The van der Waals surface area contributed by atoms with Gasteiger partial charge in [0.15, 0.2) is 0 Å². The first-order chi connectivity index (χ1) is 6.65. The SMILES string of the molecule is Cc1cccc(C)c1SCC(C)C#N. The van der Waals surface area contributed by atoms with Crippen LogP contribution in [0.1, 0.15) is 18.1 Å². The zero-order valence-corrected chi connectivity index (χ0v) is 9.69. The lowest BCUT2D eigenvalue weighted by Gasteiger charge is -2.09. The molecule has 2 heteroatoms. The van der Waals surface area contributed by atoms with Crippen molar-refractivity contribution in [1.82, 2.24) is 0 Å². The maximum atomic E-state index is 8.69. The van der Waals surface area contributed by atoms with Crippen molar-refractivity contribution in [2.75, 3.05) is 5.75 Å². The predicted molar refractivity (Wildman–Crippen MR) is 61.4 cm³/mol. The summed E-state index contributed by atoms with van der Waals surface area (Å²) in [5.74, 6) is 1.00. The highest BCUT2D eigenvalue weighted by molar-refractivity contribution is 7.99. The molecular formula is C12H15NS. The Balaban J connectivity index is 2.72. The van der Waals surface area contributed by atoms with E-state index in [1.54, 1.807) is 11.8 Å². The molecule has 0 aliphatic carbocycles. The third-order valence-corrected chi connectivity index (χ3v) is 3.71. The smallest absolute Gasteiger partial charge is 0.0661 e. The first-order valence-corrected chi connectivity index (χ1v) is 5.72. The molecule has 0 heterocycles. The van der Waals surface area contributed by atoms with E-state index < -0.39 is 0 Å². The number of hydrogen-bond donors (Lipinski definition) is 0. The van der Waals surface area contributed by atoms with Crippen LogP contribution in [-0.2, 0) is 0 Å². The van der Waals surface area contributed by atoms with E-state index in [0.717, 1.165) is 5.75 Å². The minimum absolute atomic E-state index is 0.124. The van der Waals surface area contributed by atoms with Crippen molar-refractivity contribution in [2.24, 2.45) is 5.92 Å². The Morgan fingerprint density at radius 3 is 2.43 bits per heavy atom.